The number of carbonyl (C=O) groups excluding carboxylic acids is 1. The molecule has 1 heterocycles. The Kier molecular flexibility index (Phi) is 5.29. The summed E-state index contributed by atoms with van der Waals surface area (Å²) in [6.07, 6.45) is 2.93. The predicted molar refractivity (Wildman–Crippen MR) is 98.8 cm³/mol. The monoisotopic (exact) mass is 387 g/mol. The highest BCUT2D eigenvalue weighted by Crippen LogP contribution is 2.23. The van der Waals surface area contributed by atoms with E-state index in [1.807, 2.05) is 0 Å². The largest absolute Gasteiger partial charge is 0.319 e. The molecule has 0 unspecified atom stereocenters. The van der Waals surface area contributed by atoms with Gasteiger partial charge in [-0.05, 0) is 42.0 Å². The Morgan fingerprint density at radius 1 is 0.962 bits per heavy atom. The van der Waals surface area contributed by atoms with E-state index in [9.17, 15) is 13.2 Å². The molecule has 6 nitrogen and oxygen atoms in total. The minimum absolute atomic E-state index is 0.0305. The zero-order valence-electron chi connectivity index (χ0n) is 13.5. The maximum Gasteiger partial charge on any atom is 0.293 e. The van der Waals surface area contributed by atoms with E-state index in [1.165, 1.54) is 36.7 Å². The molecule has 26 heavy (non-hydrogen) atoms. The number of aromatic nitrogens is 2. The van der Waals surface area contributed by atoms with Crippen molar-refractivity contribution in [1.82, 2.24) is 9.97 Å². The van der Waals surface area contributed by atoms with Crippen LogP contribution in [-0.2, 0) is 15.6 Å². The molecule has 0 spiro atoms. The molecular weight excluding hydrogens is 374 g/mol. The van der Waals surface area contributed by atoms with Crippen LogP contribution in [0.1, 0.15) is 16.2 Å². The Hall–Kier alpha value is -2.77. The van der Waals surface area contributed by atoms with Gasteiger partial charge in [-0.15, -0.1) is 0 Å². The molecule has 0 aliphatic carbocycles. The second-order valence-electron chi connectivity index (χ2n) is 5.40. The summed E-state index contributed by atoms with van der Waals surface area (Å²) in [4.78, 5) is 19.9. The number of hydrogen-bond acceptors (Lipinski definition) is 5. The Labute approximate surface area is 155 Å². The number of halogens is 1. The molecule has 1 N–H and O–H groups in total. The number of hydrogen-bond donors (Lipinski definition) is 1. The quantitative estimate of drug-likeness (QED) is 0.725. The van der Waals surface area contributed by atoms with Crippen LogP contribution in [0.5, 0.6) is 0 Å². The fraction of sp³-hybridized carbons (Fsp3) is 0.0556. The van der Waals surface area contributed by atoms with E-state index in [2.05, 4.69) is 15.3 Å². The number of nitrogens with one attached hydrogen (secondary N) is 1. The number of nitrogens with zero attached hydrogens (tertiary/aromatic N) is 2. The Bertz CT molecular complexity index is 1020. The van der Waals surface area contributed by atoms with Crippen molar-refractivity contribution in [3.63, 3.8) is 0 Å². The summed E-state index contributed by atoms with van der Waals surface area (Å²) < 4.78 is 25.1. The van der Waals surface area contributed by atoms with Gasteiger partial charge in [-0.2, -0.15) is 0 Å². The van der Waals surface area contributed by atoms with Crippen LogP contribution in [0.4, 0.5) is 5.69 Å². The number of sulfone groups is 1. The highest BCUT2D eigenvalue weighted by Gasteiger charge is 2.17. The Morgan fingerprint density at radius 3 is 2.27 bits per heavy atom. The lowest BCUT2D eigenvalue weighted by Crippen LogP contribution is -2.15. The van der Waals surface area contributed by atoms with Crippen molar-refractivity contribution in [2.24, 2.45) is 0 Å². The topological polar surface area (TPSA) is 89.0 Å². The number of benzene rings is 2. The summed E-state index contributed by atoms with van der Waals surface area (Å²) in [5.74, 6) is -0.642. The molecule has 3 aromatic rings. The van der Waals surface area contributed by atoms with Gasteiger partial charge in [0.15, 0.2) is 9.84 Å². The first kappa shape index (κ1) is 18.0. The second kappa shape index (κ2) is 7.63. The van der Waals surface area contributed by atoms with E-state index < -0.39 is 15.7 Å². The summed E-state index contributed by atoms with van der Waals surface area (Å²) in [6.45, 7) is 0. The number of anilines is 1. The molecule has 1 aromatic heterocycles. The molecule has 0 aliphatic heterocycles. The van der Waals surface area contributed by atoms with Gasteiger partial charge in [0.25, 0.3) is 5.91 Å². The predicted octanol–water partition coefficient (Wildman–Crippen LogP) is 3.36. The van der Waals surface area contributed by atoms with Gasteiger partial charge in [0, 0.05) is 23.1 Å². The molecule has 1 amide bonds. The van der Waals surface area contributed by atoms with Crippen LogP contribution in [0, 0.1) is 0 Å². The van der Waals surface area contributed by atoms with Crippen LogP contribution < -0.4 is 5.32 Å². The van der Waals surface area contributed by atoms with Gasteiger partial charge in [-0.25, -0.2) is 18.4 Å². The summed E-state index contributed by atoms with van der Waals surface area (Å²) in [5, 5.41) is 3.02. The normalized spacial score (nSPS) is 11.1. The molecule has 2 aromatic carbocycles. The molecule has 0 atom stereocenters. The van der Waals surface area contributed by atoms with Gasteiger partial charge in [0.2, 0.25) is 5.82 Å². The minimum atomic E-state index is -3.56. The molecule has 0 fully saturated rings. The average Bonchev–Trinajstić information content (AvgIpc) is 2.65. The molecular formula is C18H14ClN3O3S. The van der Waals surface area contributed by atoms with Crippen LogP contribution in [0.3, 0.4) is 0 Å². The van der Waals surface area contributed by atoms with Crippen LogP contribution in [0.2, 0.25) is 5.02 Å². The third-order valence-corrected chi connectivity index (χ3v) is 5.59. The van der Waals surface area contributed by atoms with Gasteiger partial charge in [-0.3, -0.25) is 4.79 Å². The van der Waals surface area contributed by atoms with E-state index in [1.54, 1.807) is 30.3 Å². The van der Waals surface area contributed by atoms with Crippen molar-refractivity contribution < 1.29 is 13.2 Å². The van der Waals surface area contributed by atoms with Gasteiger partial charge in [0.05, 0.1) is 10.6 Å². The lowest BCUT2D eigenvalue weighted by molar-refractivity contribution is 0.101. The van der Waals surface area contributed by atoms with Crippen molar-refractivity contribution in [2.45, 2.75) is 10.6 Å². The third kappa shape index (κ3) is 4.25. The highest BCUT2D eigenvalue weighted by molar-refractivity contribution is 7.90. The van der Waals surface area contributed by atoms with E-state index in [-0.39, 0.29) is 16.5 Å². The first-order chi connectivity index (χ1) is 12.5. The third-order valence-electron chi connectivity index (χ3n) is 3.54. The summed E-state index contributed by atoms with van der Waals surface area (Å²) >= 11 is 6.03. The molecule has 3 rings (SSSR count). The van der Waals surface area contributed by atoms with Gasteiger partial charge < -0.3 is 5.32 Å². The fourth-order valence-electron chi connectivity index (χ4n) is 2.25. The van der Waals surface area contributed by atoms with E-state index in [0.717, 1.165) is 0 Å². The lowest BCUT2D eigenvalue weighted by atomic mass is 10.2. The van der Waals surface area contributed by atoms with Crippen molar-refractivity contribution in [2.75, 3.05) is 5.32 Å². The SMILES string of the molecule is O=C(Nc1ccc(S(=O)(=O)Cc2ccccc2Cl)cc1)c1ncccn1. The minimum Gasteiger partial charge on any atom is -0.319 e. The smallest absolute Gasteiger partial charge is 0.293 e. The first-order valence-electron chi connectivity index (χ1n) is 7.60. The fourth-order valence-corrected chi connectivity index (χ4v) is 3.91. The summed E-state index contributed by atoms with van der Waals surface area (Å²) in [7, 11) is -3.56. The standard InChI is InChI=1S/C18H14ClN3O3S/c19-16-5-2-1-4-13(16)12-26(24,25)15-8-6-14(7-9-15)22-18(23)17-20-10-3-11-21-17/h1-11H,12H2,(H,22,23). The zero-order chi connectivity index (χ0) is 18.6. The van der Waals surface area contributed by atoms with Gasteiger partial charge in [-0.1, -0.05) is 29.8 Å². The Balaban J connectivity index is 1.74. The molecule has 0 saturated heterocycles. The molecule has 8 heteroatoms. The van der Waals surface area contributed by atoms with E-state index in [0.29, 0.717) is 16.3 Å². The van der Waals surface area contributed by atoms with Gasteiger partial charge >= 0.3 is 0 Å². The summed E-state index contributed by atoms with van der Waals surface area (Å²) in [6, 6.07) is 14.3. The highest BCUT2D eigenvalue weighted by atomic mass is 35.5. The maximum atomic E-state index is 12.5. The Morgan fingerprint density at radius 2 is 1.62 bits per heavy atom. The van der Waals surface area contributed by atoms with Crippen LogP contribution in [-0.4, -0.2) is 24.3 Å². The van der Waals surface area contributed by atoms with Crippen molar-refractivity contribution in [3.05, 3.63) is 83.4 Å². The maximum absolute atomic E-state index is 12.5. The number of carbonyl (C=O) groups is 1. The number of amides is 1. The molecule has 0 saturated carbocycles. The molecule has 0 radical (unpaired) electrons. The average molecular weight is 388 g/mol. The van der Waals surface area contributed by atoms with Crippen molar-refractivity contribution in [3.8, 4) is 0 Å². The van der Waals surface area contributed by atoms with Crippen LogP contribution in [0.25, 0.3) is 0 Å². The lowest BCUT2D eigenvalue weighted by Gasteiger charge is -2.08. The first-order valence-corrected chi connectivity index (χ1v) is 9.63. The van der Waals surface area contributed by atoms with Crippen LogP contribution in [0.15, 0.2) is 71.9 Å². The second-order valence-corrected chi connectivity index (χ2v) is 7.80. The van der Waals surface area contributed by atoms with Crippen LogP contribution >= 0.6 is 11.6 Å². The summed E-state index contributed by atoms with van der Waals surface area (Å²) in [5.41, 5.74) is 0.979. The number of rotatable bonds is 5. The van der Waals surface area contributed by atoms with Crippen molar-refractivity contribution >= 4 is 33.0 Å². The van der Waals surface area contributed by atoms with Crippen molar-refractivity contribution in [1.29, 1.82) is 0 Å². The zero-order valence-corrected chi connectivity index (χ0v) is 15.0. The van der Waals surface area contributed by atoms with Gasteiger partial charge in [0.1, 0.15) is 0 Å². The molecule has 0 aliphatic rings. The molecule has 0 bridgehead atoms. The van der Waals surface area contributed by atoms with E-state index in [4.69, 9.17) is 11.6 Å². The van der Waals surface area contributed by atoms with E-state index >= 15 is 0 Å². The molecule has 132 valence electrons.